The van der Waals surface area contributed by atoms with Crippen LogP contribution in [0.15, 0.2) is 24.3 Å². The average molecular weight is 260 g/mol. The van der Waals surface area contributed by atoms with Crippen LogP contribution in [0.3, 0.4) is 0 Å². The van der Waals surface area contributed by atoms with E-state index in [9.17, 15) is 0 Å². The highest BCUT2D eigenvalue weighted by molar-refractivity contribution is 5.25. The third-order valence-electron chi connectivity index (χ3n) is 4.53. The fourth-order valence-electron chi connectivity index (χ4n) is 3.03. The van der Waals surface area contributed by atoms with Gasteiger partial charge in [0.2, 0.25) is 0 Å². The summed E-state index contributed by atoms with van der Waals surface area (Å²) < 4.78 is 0. The minimum absolute atomic E-state index is 0.463. The Morgan fingerprint density at radius 1 is 1.16 bits per heavy atom. The molecule has 1 fully saturated rings. The maximum Gasteiger partial charge on any atom is 0.0233 e. The van der Waals surface area contributed by atoms with Gasteiger partial charge in [0.15, 0.2) is 0 Å². The minimum atomic E-state index is 0.463. The van der Waals surface area contributed by atoms with Gasteiger partial charge in [-0.25, -0.2) is 0 Å². The lowest BCUT2D eigenvalue weighted by Gasteiger charge is -2.31. The van der Waals surface area contributed by atoms with Crippen LogP contribution in [0, 0.1) is 0 Å². The minimum Gasteiger partial charge on any atom is -0.330 e. The number of hydrogen-bond acceptors (Lipinski definition) is 2. The number of rotatable bonds is 5. The van der Waals surface area contributed by atoms with Crippen molar-refractivity contribution in [2.45, 2.75) is 57.5 Å². The van der Waals surface area contributed by atoms with Crippen LogP contribution in [0.5, 0.6) is 0 Å². The van der Waals surface area contributed by atoms with E-state index >= 15 is 0 Å². The molecule has 0 aliphatic heterocycles. The Balaban J connectivity index is 1.91. The third-order valence-corrected chi connectivity index (χ3v) is 4.53. The van der Waals surface area contributed by atoms with E-state index in [4.69, 9.17) is 5.73 Å². The lowest BCUT2D eigenvalue weighted by Crippen LogP contribution is -2.32. The average Bonchev–Trinajstić information content (AvgIpc) is 2.48. The first kappa shape index (κ1) is 14.5. The Labute approximate surface area is 118 Å². The molecule has 0 saturated heterocycles. The lowest BCUT2D eigenvalue weighted by atomic mass is 9.94. The van der Waals surface area contributed by atoms with E-state index in [1.54, 1.807) is 0 Å². The molecule has 1 unspecified atom stereocenters. The largest absolute Gasteiger partial charge is 0.330 e. The normalized spacial score (nSPS) is 18.7. The summed E-state index contributed by atoms with van der Waals surface area (Å²) in [5.74, 6) is 0.463. The van der Waals surface area contributed by atoms with E-state index in [-0.39, 0.29) is 0 Å². The molecule has 0 amide bonds. The van der Waals surface area contributed by atoms with Crippen LogP contribution in [0.4, 0.5) is 0 Å². The molecular formula is C17H28N2. The Morgan fingerprint density at radius 3 is 2.37 bits per heavy atom. The summed E-state index contributed by atoms with van der Waals surface area (Å²) in [6.07, 6.45) is 6.98. The predicted octanol–water partition coefficient (Wildman–Crippen LogP) is 3.51. The maximum absolute atomic E-state index is 5.71. The first-order chi connectivity index (χ1) is 9.20. The van der Waals surface area contributed by atoms with Gasteiger partial charge < -0.3 is 5.73 Å². The van der Waals surface area contributed by atoms with E-state index in [0.29, 0.717) is 5.92 Å². The molecule has 2 nitrogen and oxygen atoms in total. The first-order valence-electron chi connectivity index (χ1n) is 7.70. The Bertz CT molecular complexity index is 365. The molecule has 1 atom stereocenters. The van der Waals surface area contributed by atoms with Gasteiger partial charge in [-0.3, -0.25) is 4.90 Å². The predicted molar refractivity (Wildman–Crippen MR) is 82.3 cm³/mol. The van der Waals surface area contributed by atoms with Crippen molar-refractivity contribution >= 4 is 0 Å². The van der Waals surface area contributed by atoms with Crippen molar-refractivity contribution in [2.24, 2.45) is 5.73 Å². The van der Waals surface area contributed by atoms with E-state index in [0.717, 1.165) is 19.1 Å². The topological polar surface area (TPSA) is 29.3 Å². The highest BCUT2D eigenvalue weighted by Crippen LogP contribution is 2.23. The summed E-state index contributed by atoms with van der Waals surface area (Å²) in [4.78, 5) is 2.53. The molecule has 0 heterocycles. The summed E-state index contributed by atoms with van der Waals surface area (Å²) in [6.45, 7) is 3.98. The molecule has 106 valence electrons. The van der Waals surface area contributed by atoms with Crippen LogP contribution in [-0.4, -0.2) is 24.5 Å². The summed E-state index contributed by atoms with van der Waals surface area (Å²) in [5.41, 5.74) is 8.48. The van der Waals surface area contributed by atoms with Crippen molar-refractivity contribution in [3.8, 4) is 0 Å². The van der Waals surface area contributed by atoms with Gasteiger partial charge in [0.25, 0.3) is 0 Å². The molecule has 2 heteroatoms. The van der Waals surface area contributed by atoms with Crippen LogP contribution < -0.4 is 5.73 Å². The summed E-state index contributed by atoms with van der Waals surface area (Å²) >= 11 is 0. The molecule has 0 radical (unpaired) electrons. The molecule has 1 saturated carbocycles. The van der Waals surface area contributed by atoms with Crippen molar-refractivity contribution < 1.29 is 0 Å². The summed E-state index contributed by atoms with van der Waals surface area (Å²) in [6, 6.07) is 9.79. The standard InChI is InChI=1S/C17H28N2/c1-14(12-18)16-10-8-15(9-11-16)13-19(2)17-6-4-3-5-7-17/h8-11,14,17H,3-7,12-13,18H2,1-2H3. The summed E-state index contributed by atoms with van der Waals surface area (Å²) in [5, 5.41) is 0. The van der Waals surface area contributed by atoms with Crippen molar-refractivity contribution in [3.63, 3.8) is 0 Å². The van der Waals surface area contributed by atoms with Crippen LogP contribution >= 0.6 is 0 Å². The zero-order valence-corrected chi connectivity index (χ0v) is 12.4. The van der Waals surface area contributed by atoms with Gasteiger partial charge in [-0.05, 0) is 43.5 Å². The molecule has 0 bridgehead atoms. The number of nitrogens with zero attached hydrogens (tertiary/aromatic N) is 1. The lowest BCUT2D eigenvalue weighted by molar-refractivity contribution is 0.184. The molecule has 1 aliphatic carbocycles. The van der Waals surface area contributed by atoms with Crippen molar-refractivity contribution in [2.75, 3.05) is 13.6 Å². The quantitative estimate of drug-likeness (QED) is 0.878. The van der Waals surface area contributed by atoms with Crippen molar-refractivity contribution in [1.82, 2.24) is 4.90 Å². The Hall–Kier alpha value is -0.860. The third kappa shape index (κ3) is 4.05. The summed E-state index contributed by atoms with van der Waals surface area (Å²) in [7, 11) is 2.27. The van der Waals surface area contributed by atoms with Crippen LogP contribution in [0.1, 0.15) is 56.1 Å². The highest BCUT2D eigenvalue weighted by atomic mass is 15.1. The van der Waals surface area contributed by atoms with Crippen molar-refractivity contribution in [1.29, 1.82) is 0 Å². The van der Waals surface area contributed by atoms with E-state index in [1.165, 1.54) is 43.2 Å². The fourth-order valence-corrected chi connectivity index (χ4v) is 3.03. The van der Waals surface area contributed by atoms with Gasteiger partial charge in [0, 0.05) is 12.6 Å². The van der Waals surface area contributed by atoms with Gasteiger partial charge >= 0.3 is 0 Å². The first-order valence-corrected chi connectivity index (χ1v) is 7.70. The second-order valence-electron chi connectivity index (χ2n) is 6.09. The van der Waals surface area contributed by atoms with Gasteiger partial charge in [-0.1, -0.05) is 50.5 Å². The molecule has 0 aromatic heterocycles. The van der Waals surface area contributed by atoms with Crippen LogP contribution in [0.2, 0.25) is 0 Å². The highest BCUT2D eigenvalue weighted by Gasteiger charge is 2.17. The monoisotopic (exact) mass is 260 g/mol. The number of nitrogens with two attached hydrogens (primary N) is 1. The van der Waals surface area contributed by atoms with Gasteiger partial charge in [-0.15, -0.1) is 0 Å². The SMILES string of the molecule is CC(CN)c1ccc(CN(C)C2CCCCC2)cc1. The molecule has 2 rings (SSSR count). The van der Waals surface area contributed by atoms with Crippen LogP contribution in [0.25, 0.3) is 0 Å². The molecule has 19 heavy (non-hydrogen) atoms. The van der Waals surface area contributed by atoms with Gasteiger partial charge in [-0.2, -0.15) is 0 Å². The fraction of sp³-hybridized carbons (Fsp3) is 0.647. The maximum atomic E-state index is 5.71. The molecule has 1 aromatic carbocycles. The Kier molecular flexibility index (Phi) is 5.41. The van der Waals surface area contributed by atoms with Crippen LogP contribution in [-0.2, 0) is 6.54 Å². The van der Waals surface area contributed by atoms with Crippen molar-refractivity contribution in [3.05, 3.63) is 35.4 Å². The second-order valence-corrected chi connectivity index (χ2v) is 6.09. The zero-order chi connectivity index (χ0) is 13.7. The van der Waals surface area contributed by atoms with E-state index in [2.05, 4.69) is 43.1 Å². The second kappa shape index (κ2) is 7.06. The molecule has 2 N–H and O–H groups in total. The molecular weight excluding hydrogens is 232 g/mol. The number of hydrogen-bond donors (Lipinski definition) is 1. The van der Waals surface area contributed by atoms with Gasteiger partial charge in [0.1, 0.15) is 0 Å². The zero-order valence-electron chi connectivity index (χ0n) is 12.4. The molecule has 1 aliphatic rings. The smallest absolute Gasteiger partial charge is 0.0233 e. The van der Waals surface area contributed by atoms with E-state index < -0.39 is 0 Å². The number of benzene rings is 1. The molecule has 0 spiro atoms. The van der Waals surface area contributed by atoms with E-state index in [1.807, 2.05) is 0 Å². The molecule has 1 aromatic rings. The van der Waals surface area contributed by atoms with Gasteiger partial charge in [0.05, 0.1) is 0 Å². The Morgan fingerprint density at radius 2 is 1.79 bits per heavy atom.